The number of hydrogen-bond acceptors (Lipinski definition) is 3. The molecule has 6 heteroatoms. The molecule has 0 aliphatic carbocycles. The maximum atomic E-state index is 6.03. The van der Waals surface area contributed by atoms with Gasteiger partial charge in [0.2, 0.25) is 0 Å². The van der Waals surface area contributed by atoms with Gasteiger partial charge < -0.3 is 20.3 Å². The van der Waals surface area contributed by atoms with Crippen LogP contribution in [-0.2, 0) is 0 Å². The van der Waals surface area contributed by atoms with Crippen LogP contribution in [0.25, 0.3) is 0 Å². The maximum Gasteiger partial charge on any atom is 0.191 e. The molecule has 1 heterocycles. The Hall–Kier alpha value is -1.02. The molecule has 1 aromatic carbocycles. The fraction of sp³-hybridized carbons (Fsp3) is 0.667. The van der Waals surface area contributed by atoms with Crippen molar-refractivity contribution in [1.82, 2.24) is 15.5 Å². The van der Waals surface area contributed by atoms with Gasteiger partial charge in [0.15, 0.2) is 5.96 Å². The van der Waals surface area contributed by atoms with Crippen molar-refractivity contribution in [2.45, 2.75) is 65.6 Å². The SMILES string of the molecule is CCNC(=NCC(C)Oc1ccccc1C)NC1CCN(C(C)C)CC1.I. The molecule has 1 aliphatic rings. The minimum atomic E-state index is 0. The number of likely N-dealkylation sites (tertiary alicyclic amines) is 1. The van der Waals surface area contributed by atoms with Gasteiger partial charge in [-0.25, -0.2) is 4.99 Å². The number of halogens is 1. The molecule has 2 N–H and O–H groups in total. The molecule has 1 aliphatic heterocycles. The molecule has 0 aromatic heterocycles. The van der Waals surface area contributed by atoms with E-state index in [1.165, 1.54) is 0 Å². The minimum absolute atomic E-state index is 0. The van der Waals surface area contributed by atoms with Crippen molar-refractivity contribution in [2.75, 3.05) is 26.2 Å². The van der Waals surface area contributed by atoms with E-state index in [2.05, 4.69) is 56.2 Å². The number of aryl methyl sites for hydroxylation is 1. The van der Waals surface area contributed by atoms with Crippen LogP contribution in [-0.4, -0.2) is 55.2 Å². The molecule has 0 amide bonds. The highest BCUT2D eigenvalue weighted by molar-refractivity contribution is 14.0. The Balaban J connectivity index is 0.00000364. The Kier molecular flexibility index (Phi) is 11.1. The van der Waals surface area contributed by atoms with E-state index >= 15 is 0 Å². The highest BCUT2D eigenvalue weighted by Crippen LogP contribution is 2.18. The normalized spacial score (nSPS) is 17.3. The second-order valence-electron chi connectivity index (χ2n) is 7.46. The van der Waals surface area contributed by atoms with Crippen LogP contribution >= 0.6 is 24.0 Å². The van der Waals surface area contributed by atoms with Gasteiger partial charge in [0.1, 0.15) is 11.9 Å². The van der Waals surface area contributed by atoms with E-state index in [1.807, 2.05) is 18.2 Å². The molecule has 0 bridgehead atoms. The Morgan fingerprint density at radius 1 is 1.22 bits per heavy atom. The quantitative estimate of drug-likeness (QED) is 0.348. The topological polar surface area (TPSA) is 48.9 Å². The van der Waals surface area contributed by atoms with Crippen molar-refractivity contribution in [3.05, 3.63) is 29.8 Å². The first-order valence-corrected chi connectivity index (χ1v) is 10.0. The van der Waals surface area contributed by atoms with Crippen LogP contribution in [0.2, 0.25) is 0 Å². The first-order valence-electron chi connectivity index (χ1n) is 10.0. The van der Waals surface area contributed by atoms with Crippen LogP contribution in [0.5, 0.6) is 5.75 Å². The van der Waals surface area contributed by atoms with Gasteiger partial charge in [0, 0.05) is 31.7 Å². The molecule has 1 fully saturated rings. The van der Waals surface area contributed by atoms with Crippen LogP contribution in [0.3, 0.4) is 0 Å². The van der Waals surface area contributed by atoms with Crippen molar-refractivity contribution in [1.29, 1.82) is 0 Å². The first kappa shape index (κ1) is 24.0. The lowest BCUT2D eigenvalue weighted by molar-refractivity contribution is 0.167. The van der Waals surface area contributed by atoms with Crippen LogP contribution in [0.4, 0.5) is 0 Å². The lowest BCUT2D eigenvalue weighted by Gasteiger charge is -2.35. The second-order valence-corrected chi connectivity index (χ2v) is 7.46. The van der Waals surface area contributed by atoms with Gasteiger partial charge in [-0.2, -0.15) is 0 Å². The monoisotopic (exact) mass is 488 g/mol. The second kappa shape index (κ2) is 12.4. The third-order valence-electron chi connectivity index (χ3n) is 4.87. The highest BCUT2D eigenvalue weighted by atomic mass is 127. The largest absolute Gasteiger partial charge is 0.489 e. The summed E-state index contributed by atoms with van der Waals surface area (Å²) in [4.78, 5) is 7.29. The molecule has 0 saturated carbocycles. The molecule has 1 saturated heterocycles. The molecule has 27 heavy (non-hydrogen) atoms. The van der Waals surface area contributed by atoms with E-state index in [1.54, 1.807) is 0 Å². The molecule has 1 aromatic rings. The number of para-hydroxylation sites is 1. The van der Waals surface area contributed by atoms with Crippen molar-refractivity contribution >= 4 is 29.9 Å². The summed E-state index contributed by atoms with van der Waals surface area (Å²) >= 11 is 0. The predicted molar refractivity (Wildman–Crippen MR) is 126 cm³/mol. The van der Waals surface area contributed by atoms with Crippen molar-refractivity contribution in [3.8, 4) is 5.75 Å². The first-order chi connectivity index (χ1) is 12.5. The molecule has 154 valence electrons. The van der Waals surface area contributed by atoms with Crippen molar-refractivity contribution in [3.63, 3.8) is 0 Å². The molecule has 1 unspecified atom stereocenters. The average molecular weight is 488 g/mol. The standard InChI is InChI=1S/C21H36N4O.HI/c1-6-22-21(24-19-11-13-25(14-12-19)16(2)3)23-15-18(5)26-20-10-8-7-9-17(20)4;/h7-10,16,18-19H,6,11-15H2,1-5H3,(H2,22,23,24);1H. The van der Waals surface area contributed by atoms with Crippen LogP contribution < -0.4 is 15.4 Å². The summed E-state index contributed by atoms with van der Waals surface area (Å²) in [5.74, 6) is 1.84. The van der Waals surface area contributed by atoms with Gasteiger partial charge in [-0.05, 0) is 59.1 Å². The zero-order valence-corrected chi connectivity index (χ0v) is 19.8. The van der Waals surface area contributed by atoms with Gasteiger partial charge in [0.25, 0.3) is 0 Å². The minimum Gasteiger partial charge on any atom is -0.489 e. The fourth-order valence-corrected chi connectivity index (χ4v) is 3.24. The number of aliphatic imine (C=N–C) groups is 1. The Bertz CT molecular complexity index is 571. The van der Waals surface area contributed by atoms with Gasteiger partial charge in [-0.3, -0.25) is 0 Å². The number of nitrogens with one attached hydrogen (secondary N) is 2. The molecule has 5 nitrogen and oxygen atoms in total. The van der Waals surface area contributed by atoms with Gasteiger partial charge >= 0.3 is 0 Å². The number of hydrogen-bond donors (Lipinski definition) is 2. The van der Waals surface area contributed by atoms with Crippen LogP contribution in [0.15, 0.2) is 29.3 Å². The van der Waals surface area contributed by atoms with Crippen molar-refractivity contribution < 1.29 is 4.74 Å². The third kappa shape index (κ3) is 8.25. The zero-order valence-electron chi connectivity index (χ0n) is 17.5. The van der Waals surface area contributed by atoms with E-state index in [9.17, 15) is 0 Å². The summed E-state index contributed by atoms with van der Waals surface area (Å²) in [7, 11) is 0. The van der Waals surface area contributed by atoms with Gasteiger partial charge in [-0.15, -0.1) is 24.0 Å². The molecule has 0 radical (unpaired) electrons. The van der Waals surface area contributed by atoms with E-state index < -0.39 is 0 Å². The number of benzene rings is 1. The molecule has 0 spiro atoms. The van der Waals surface area contributed by atoms with E-state index in [-0.39, 0.29) is 30.1 Å². The number of rotatable bonds is 7. The maximum absolute atomic E-state index is 6.03. The van der Waals surface area contributed by atoms with Crippen molar-refractivity contribution in [2.24, 2.45) is 4.99 Å². The average Bonchev–Trinajstić information content (AvgIpc) is 2.62. The zero-order chi connectivity index (χ0) is 18.9. The fourth-order valence-electron chi connectivity index (χ4n) is 3.24. The Morgan fingerprint density at radius 2 is 1.89 bits per heavy atom. The number of piperidine rings is 1. The predicted octanol–water partition coefficient (Wildman–Crippen LogP) is 3.81. The lowest BCUT2D eigenvalue weighted by Crippen LogP contribution is -2.50. The van der Waals surface area contributed by atoms with E-state index in [0.717, 1.165) is 49.7 Å². The number of nitrogens with zero attached hydrogens (tertiary/aromatic N) is 2. The summed E-state index contributed by atoms with van der Waals surface area (Å²) in [5.41, 5.74) is 1.16. The Morgan fingerprint density at radius 3 is 2.48 bits per heavy atom. The smallest absolute Gasteiger partial charge is 0.191 e. The summed E-state index contributed by atoms with van der Waals surface area (Å²) in [6.45, 7) is 14.6. The Labute approximate surface area is 182 Å². The summed E-state index contributed by atoms with van der Waals surface area (Å²) in [5, 5.41) is 6.97. The summed E-state index contributed by atoms with van der Waals surface area (Å²) < 4.78 is 6.03. The molecule has 2 rings (SSSR count). The van der Waals surface area contributed by atoms with Gasteiger partial charge in [0.05, 0.1) is 6.54 Å². The van der Waals surface area contributed by atoms with Crippen LogP contribution in [0, 0.1) is 6.92 Å². The van der Waals surface area contributed by atoms with E-state index in [4.69, 9.17) is 9.73 Å². The highest BCUT2D eigenvalue weighted by Gasteiger charge is 2.21. The number of guanidine groups is 1. The van der Waals surface area contributed by atoms with Gasteiger partial charge in [-0.1, -0.05) is 18.2 Å². The lowest BCUT2D eigenvalue weighted by atomic mass is 10.0. The van der Waals surface area contributed by atoms with Crippen LogP contribution in [0.1, 0.15) is 46.1 Å². The van der Waals surface area contributed by atoms with E-state index in [0.29, 0.717) is 18.6 Å². The molecular weight excluding hydrogens is 451 g/mol. The summed E-state index contributed by atoms with van der Waals surface area (Å²) in [6, 6.07) is 9.26. The summed E-state index contributed by atoms with van der Waals surface area (Å²) in [6.07, 6.45) is 2.37. The molecular formula is C21H37IN4O. The molecule has 1 atom stereocenters. The third-order valence-corrected chi connectivity index (χ3v) is 4.87. The number of ether oxygens (including phenoxy) is 1.